The van der Waals surface area contributed by atoms with Crippen LogP contribution in [0.1, 0.15) is 19.3 Å². The lowest BCUT2D eigenvalue weighted by Crippen LogP contribution is -2.36. The van der Waals surface area contributed by atoms with Crippen molar-refractivity contribution in [2.75, 3.05) is 6.54 Å². The van der Waals surface area contributed by atoms with Crippen LogP contribution in [-0.2, 0) is 9.78 Å². The molecule has 3 heteroatoms. The van der Waals surface area contributed by atoms with Crippen molar-refractivity contribution >= 4 is 0 Å². The van der Waals surface area contributed by atoms with Crippen molar-refractivity contribution in [2.24, 2.45) is 5.92 Å². The molecule has 0 aromatic carbocycles. The van der Waals surface area contributed by atoms with Crippen molar-refractivity contribution in [3.8, 4) is 0 Å². The van der Waals surface area contributed by atoms with Crippen LogP contribution < -0.4 is 5.32 Å². The number of nitrogens with one attached hydrogen (secondary N) is 1. The Morgan fingerprint density at radius 1 is 1.50 bits per heavy atom. The number of hydrogen-bond acceptors (Lipinski definition) is 3. The maximum Gasteiger partial charge on any atom is 0.131 e. The minimum atomic E-state index is 0.247. The summed E-state index contributed by atoms with van der Waals surface area (Å²) in [5.41, 5.74) is 1.36. The van der Waals surface area contributed by atoms with E-state index >= 15 is 0 Å². The van der Waals surface area contributed by atoms with Gasteiger partial charge in [-0.15, -0.1) is 0 Å². The summed E-state index contributed by atoms with van der Waals surface area (Å²) in [7, 11) is 0. The maximum atomic E-state index is 5.13. The van der Waals surface area contributed by atoms with Crippen LogP contribution in [0.5, 0.6) is 0 Å². The molecule has 0 aromatic heterocycles. The van der Waals surface area contributed by atoms with Crippen molar-refractivity contribution in [1.29, 1.82) is 0 Å². The molecule has 0 radical (unpaired) electrons. The third kappa shape index (κ3) is 0.898. The molecule has 3 rings (SSSR count). The molecule has 3 atom stereocenters. The fourth-order valence-electron chi connectivity index (χ4n) is 2.54. The highest BCUT2D eigenvalue weighted by Gasteiger charge is 2.39. The molecule has 1 saturated heterocycles. The van der Waals surface area contributed by atoms with Gasteiger partial charge >= 0.3 is 0 Å². The molecule has 0 spiro atoms. The standard InChI is InChI=1S/C9H13NO2/c1-2-10-8-4-9-7(3-6(1)8)5-11-12-9/h5-6,8-10H,1-4H2. The maximum absolute atomic E-state index is 5.13. The molecular weight excluding hydrogens is 154 g/mol. The van der Waals surface area contributed by atoms with Crippen LogP contribution in [0.15, 0.2) is 11.8 Å². The third-order valence-electron chi connectivity index (χ3n) is 3.24. The van der Waals surface area contributed by atoms with Crippen LogP contribution in [0.25, 0.3) is 0 Å². The fourth-order valence-corrected chi connectivity index (χ4v) is 2.54. The summed E-state index contributed by atoms with van der Waals surface area (Å²) in [6, 6.07) is 0.675. The van der Waals surface area contributed by atoms with E-state index in [-0.39, 0.29) is 6.10 Å². The molecular formula is C9H13NO2. The van der Waals surface area contributed by atoms with Gasteiger partial charge in [0.1, 0.15) is 12.4 Å². The molecule has 12 heavy (non-hydrogen) atoms. The van der Waals surface area contributed by atoms with E-state index in [1.165, 1.54) is 25.0 Å². The van der Waals surface area contributed by atoms with E-state index in [0.717, 1.165) is 12.3 Å². The molecule has 1 aliphatic carbocycles. The minimum absolute atomic E-state index is 0.247. The first-order chi connectivity index (χ1) is 5.93. The van der Waals surface area contributed by atoms with Gasteiger partial charge in [0, 0.05) is 11.6 Å². The molecule has 3 nitrogen and oxygen atoms in total. The quantitative estimate of drug-likeness (QED) is 0.545. The highest BCUT2D eigenvalue weighted by molar-refractivity contribution is 5.15. The zero-order chi connectivity index (χ0) is 7.97. The topological polar surface area (TPSA) is 30.5 Å². The SMILES string of the molecule is C1=C2CC3CCNC3CC2OO1. The Labute approximate surface area is 71.7 Å². The summed E-state index contributed by atoms with van der Waals surface area (Å²) in [6.07, 6.45) is 5.61. The molecule has 2 aliphatic heterocycles. The summed E-state index contributed by atoms with van der Waals surface area (Å²) in [4.78, 5) is 10.00. The number of hydrogen-bond donors (Lipinski definition) is 1. The van der Waals surface area contributed by atoms with Gasteiger partial charge in [0.2, 0.25) is 0 Å². The Bertz CT molecular complexity index is 227. The second-order valence-electron chi connectivity index (χ2n) is 3.92. The van der Waals surface area contributed by atoms with Gasteiger partial charge < -0.3 is 10.2 Å². The predicted octanol–water partition coefficient (Wildman–Crippen LogP) is 0.973. The fraction of sp³-hybridized carbons (Fsp3) is 0.778. The summed E-state index contributed by atoms with van der Waals surface area (Å²) < 4.78 is 0. The smallest absolute Gasteiger partial charge is 0.131 e. The Hall–Kier alpha value is -0.540. The van der Waals surface area contributed by atoms with Crippen LogP contribution in [0.3, 0.4) is 0 Å². The lowest BCUT2D eigenvalue weighted by atomic mass is 9.81. The van der Waals surface area contributed by atoms with Crippen LogP contribution in [0.4, 0.5) is 0 Å². The lowest BCUT2D eigenvalue weighted by Gasteiger charge is -2.28. The largest absolute Gasteiger partial charge is 0.345 e. The van der Waals surface area contributed by atoms with Gasteiger partial charge in [0.15, 0.2) is 0 Å². The molecule has 0 amide bonds. The van der Waals surface area contributed by atoms with Gasteiger partial charge in [-0.3, -0.25) is 0 Å². The Kier molecular flexibility index (Phi) is 1.43. The normalized spacial score (nSPS) is 44.7. The summed E-state index contributed by atoms with van der Waals surface area (Å²) in [6.45, 7) is 1.18. The summed E-state index contributed by atoms with van der Waals surface area (Å²) in [5, 5.41) is 3.51. The predicted molar refractivity (Wildman–Crippen MR) is 43.2 cm³/mol. The average Bonchev–Trinajstić information content (AvgIpc) is 2.64. The lowest BCUT2D eigenvalue weighted by molar-refractivity contribution is -0.256. The second kappa shape index (κ2) is 2.47. The minimum Gasteiger partial charge on any atom is -0.345 e. The molecule has 66 valence electrons. The zero-order valence-corrected chi connectivity index (χ0v) is 6.95. The van der Waals surface area contributed by atoms with E-state index in [9.17, 15) is 0 Å². The molecule has 3 aliphatic rings. The van der Waals surface area contributed by atoms with E-state index in [2.05, 4.69) is 5.32 Å². The Balaban J connectivity index is 1.82. The Morgan fingerprint density at radius 3 is 3.50 bits per heavy atom. The van der Waals surface area contributed by atoms with Gasteiger partial charge in [-0.05, 0) is 31.7 Å². The van der Waals surface area contributed by atoms with Crippen molar-refractivity contribution < 1.29 is 9.78 Å². The zero-order valence-electron chi connectivity index (χ0n) is 6.95. The first kappa shape index (κ1) is 6.92. The first-order valence-corrected chi connectivity index (χ1v) is 4.68. The van der Waals surface area contributed by atoms with E-state index in [0.29, 0.717) is 6.04 Å². The van der Waals surface area contributed by atoms with Gasteiger partial charge in [-0.25, -0.2) is 0 Å². The van der Waals surface area contributed by atoms with E-state index in [1.807, 2.05) is 0 Å². The van der Waals surface area contributed by atoms with Crippen LogP contribution in [0.2, 0.25) is 0 Å². The van der Waals surface area contributed by atoms with Crippen molar-refractivity contribution in [3.05, 3.63) is 11.8 Å². The molecule has 2 fully saturated rings. The highest BCUT2D eigenvalue weighted by atomic mass is 17.2. The molecule has 0 aromatic rings. The van der Waals surface area contributed by atoms with Gasteiger partial charge in [-0.2, -0.15) is 4.89 Å². The van der Waals surface area contributed by atoms with Crippen molar-refractivity contribution in [2.45, 2.75) is 31.4 Å². The van der Waals surface area contributed by atoms with Crippen LogP contribution >= 0.6 is 0 Å². The first-order valence-electron chi connectivity index (χ1n) is 4.68. The van der Waals surface area contributed by atoms with Crippen molar-refractivity contribution in [1.82, 2.24) is 5.32 Å². The average molecular weight is 167 g/mol. The molecule has 2 heterocycles. The van der Waals surface area contributed by atoms with E-state index < -0.39 is 0 Å². The highest BCUT2D eigenvalue weighted by Crippen LogP contribution is 2.37. The number of rotatable bonds is 0. The Morgan fingerprint density at radius 2 is 2.50 bits per heavy atom. The molecule has 1 saturated carbocycles. The van der Waals surface area contributed by atoms with E-state index in [4.69, 9.17) is 9.78 Å². The van der Waals surface area contributed by atoms with Crippen molar-refractivity contribution in [3.63, 3.8) is 0 Å². The molecule has 0 bridgehead atoms. The molecule has 1 N–H and O–H groups in total. The second-order valence-corrected chi connectivity index (χ2v) is 3.92. The number of fused-ring (bicyclic) bond motifs is 2. The van der Waals surface area contributed by atoms with Gasteiger partial charge in [-0.1, -0.05) is 0 Å². The van der Waals surface area contributed by atoms with Crippen LogP contribution in [-0.4, -0.2) is 18.7 Å². The summed E-state index contributed by atoms with van der Waals surface area (Å²) >= 11 is 0. The van der Waals surface area contributed by atoms with E-state index in [1.54, 1.807) is 6.26 Å². The summed E-state index contributed by atoms with van der Waals surface area (Å²) in [5.74, 6) is 0.831. The van der Waals surface area contributed by atoms with Crippen LogP contribution in [0, 0.1) is 5.92 Å². The van der Waals surface area contributed by atoms with Gasteiger partial charge in [0.25, 0.3) is 0 Å². The van der Waals surface area contributed by atoms with Gasteiger partial charge in [0.05, 0.1) is 0 Å². The monoisotopic (exact) mass is 167 g/mol. The third-order valence-corrected chi connectivity index (χ3v) is 3.24. The molecule has 3 unspecified atom stereocenters.